The first-order valence-corrected chi connectivity index (χ1v) is 8.15. The standard InChI is InChI=1S/C17H20N4O2/c18-14-8-13(9-14)16-19-17(23-20-16)12-5-3-11(4-6-12)10-21-7-1-2-15(21)22/h3-6,13-14H,1-2,7-10,18H2. The van der Waals surface area contributed by atoms with Gasteiger partial charge in [-0.2, -0.15) is 4.98 Å². The van der Waals surface area contributed by atoms with Crippen LogP contribution < -0.4 is 5.73 Å². The van der Waals surface area contributed by atoms with E-state index in [4.69, 9.17) is 10.3 Å². The Morgan fingerprint density at radius 2 is 2.04 bits per heavy atom. The first-order valence-electron chi connectivity index (χ1n) is 8.15. The minimum absolute atomic E-state index is 0.245. The molecule has 120 valence electrons. The maximum Gasteiger partial charge on any atom is 0.257 e. The summed E-state index contributed by atoms with van der Waals surface area (Å²) in [6.07, 6.45) is 3.50. The zero-order valence-corrected chi connectivity index (χ0v) is 12.9. The van der Waals surface area contributed by atoms with Gasteiger partial charge in [0.2, 0.25) is 5.91 Å². The monoisotopic (exact) mass is 312 g/mol. The van der Waals surface area contributed by atoms with Gasteiger partial charge in [-0.3, -0.25) is 4.79 Å². The Balaban J connectivity index is 1.44. The molecule has 0 atom stereocenters. The maximum atomic E-state index is 11.7. The van der Waals surface area contributed by atoms with E-state index in [0.717, 1.165) is 42.8 Å². The number of carbonyl (C=O) groups excluding carboxylic acids is 1. The van der Waals surface area contributed by atoms with Gasteiger partial charge in [0.15, 0.2) is 5.82 Å². The van der Waals surface area contributed by atoms with Crippen LogP contribution in [-0.2, 0) is 11.3 Å². The molecule has 1 aliphatic heterocycles. The van der Waals surface area contributed by atoms with Crippen molar-refractivity contribution in [1.29, 1.82) is 0 Å². The van der Waals surface area contributed by atoms with Crippen molar-refractivity contribution < 1.29 is 9.32 Å². The Morgan fingerprint density at radius 1 is 1.26 bits per heavy atom. The van der Waals surface area contributed by atoms with Crippen LogP contribution in [0.5, 0.6) is 0 Å². The van der Waals surface area contributed by atoms with Crippen molar-refractivity contribution in [1.82, 2.24) is 15.0 Å². The molecular weight excluding hydrogens is 292 g/mol. The highest BCUT2D eigenvalue weighted by atomic mass is 16.5. The summed E-state index contributed by atoms with van der Waals surface area (Å²) in [6.45, 7) is 1.53. The van der Waals surface area contributed by atoms with Crippen LogP contribution in [0.4, 0.5) is 0 Å². The summed E-state index contributed by atoms with van der Waals surface area (Å²) in [4.78, 5) is 18.1. The first kappa shape index (κ1) is 14.4. The molecule has 0 spiro atoms. The average molecular weight is 312 g/mol. The lowest BCUT2D eigenvalue weighted by Crippen LogP contribution is -2.35. The number of nitrogens with two attached hydrogens (primary N) is 1. The quantitative estimate of drug-likeness (QED) is 0.934. The molecule has 0 radical (unpaired) electrons. The zero-order chi connectivity index (χ0) is 15.8. The lowest BCUT2D eigenvalue weighted by Gasteiger charge is -2.29. The number of rotatable bonds is 4. The van der Waals surface area contributed by atoms with Crippen LogP contribution in [0.2, 0.25) is 0 Å². The van der Waals surface area contributed by atoms with Crippen LogP contribution in [-0.4, -0.2) is 33.5 Å². The van der Waals surface area contributed by atoms with Crippen LogP contribution in [0, 0.1) is 0 Å². The number of hydrogen-bond acceptors (Lipinski definition) is 5. The Hall–Kier alpha value is -2.21. The van der Waals surface area contributed by atoms with Gasteiger partial charge >= 0.3 is 0 Å². The van der Waals surface area contributed by atoms with E-state index >= 15 is 0 Å². The molecule has 0 bridgehead atoms. The molecule has 1 saturated carbocycles. The summed E-state index contributed by atoms with van der Waals surface area (Å²) < 4.78 is 5.37. The van der Waals surface area contributed by atoms with E-state index in [1.165, 1.54) is 0 Å². The summed E-state index contributed by atoms with van der Waals surface area (Å²) in [6, 6.07) is 8.25. The smallest absolute Gasteiger partial charge is 0.257 e. The molecule has 1 saturated heterocycles. The highest BCUT2D eigenvalue weighted by molar-refractivity contribution is 5.78. The number of amides is 1. The third kappa shape index (κ3) is 2.86. The Morgan fingerprint density at radius 3 is 2.70 bits per heavy atom. The molecule has 1 aromatic carbocycles. The number of aromatic nitrogens is 2. The van der Waals surface area contributed by atoms with E-state index in [2.05, 4.69) is 10.1 Å². The van der Waals surface area contributed by atoms with Gasteiger partial charge in [0, 0.05) is 37.0 Å². The van der Waals surface area contributed by atoms with Crippen molar-refractivity contribution in [2.45, 2.75) is 44.2 Å². The van der Waals surface area contributed by atoms with Crippen LogP contribution in [0.3, 0.4) is 0 Å². The van der Waals surface area contributed by atoms with E-state index < -0.39 is 0 Å². The molecule has 1 aromatic heterocycles. The molecule has 1 amide bonds. The van der Waals surface area contributed by atoms with Gasteiger partial charge in [-0.1, -0.05) is 17.3 Å². The van der Waals surface area contributed by atoms with Crippen LogP contribution in [0.1, 0.15) is 43.0 Å². The number of likely N-dealkylation sites (tertiary alicyclic amines) is 1. The number of nitrogens with zero attached hydrogens (tertiary/aromatic N) is 3. The van der Waals surface area contributed by atoms with Crippen molar-refractivity contribution >= 4 is 5.91 Å². The summed E-state index contributed by atoms with van der Waals surface area (Å²) in [5.41, 5.74) is 7.83. The van der Waals surface area contributed by atoms with Crippen molar-refractivity contribution in [2.24, 2.45) is 5.73 Å². The summed E-state index contributed by atoms with van der Waals surface area (Å²) >= 11 is 0. The van der Waals surface area contributed by atoms with Gasteiger partial charge in [-0.05, 0) is 37.0 Å². The molecule has 2 N–H and O–H groups in total. The lowest BCUT2D eigenvalue weighted by molar-refractivity contribution is -0.128. The van der Waals surface area contributed by atoms with Gasteiger partial charge in [0.05, 0.1) is 0 Å². The molecule has 2 heterocycles. The molecule has 4 rings (SSSR count). The highest BCUT2D eigenvalue weighted by Crippen LogP contribution is 2.34. The second-order valence-corrected chi connectivity index (χ2v) is 6.50. The topological polar surface area (TPSA) is 85.2 Å². The van der Waals surface area contributed by atoms with E-state index in [-0.39, 0.29) is 11.9 Å². The molecular formula is C17H20N4O2. The van der Waals surface area contributed by atoms with E-state index in [0.29, 0.717) is 24.8 Å². The molecule has 23 heavy (non-hydrogen) atoms. The number of carbonyl (C=O) groups is 1. The summed E-state index contributed by atoms with van der Waals surface area (Å²) in [7, 11) is 0. The van der Waals surface area contributed by atoms with Gasteiger partial charge < -0.3 is 15.2 Å². The second-order valence-electron chi connectivity index (χ2n) is 6.50. The molecule has 2 aromatic rings. The van der Waals surface area contributed by atoms with Crippen molar-refractivity contribution in [3.05, 3.63) is 35.7 Å². The minimum atomic E-state index is 0.245. The molecule has 6 nitrogen and oxygen atoms in total. The van der Waals surface area contributed by atoms with Gasteiger partial charge in [-0.15, -0.1) is 0 Å². The number of benzene rings is 1. The van der Waals surface area contributed by atoms with E-state index in [1.807, 2.05) is 29.2 Å². The normalized spacial score (nSPS) is 24.0. The van der Waals surface area contributed by atoms with Crippen molar-refractivity contribution in [2.75, 3.05) is 6.54 Å². The SMILES string of the molecule is NC1CC(c2noc(-c3ccc(CN4CCCC4=O)cc3)n2)C1. The van der Waals surface area contributed by atoms with Crippen LogP contribution in [0.25, 0.3) is 11.5 Å². The van der Waals surface area contributed by atoms with Gasteiger partial charge in [0.1, 0.15) is 0 Å². The molecule has 2 aliphatic rings. The zero-order valence-electron chi connectivity index (χ0n) is 12.9. The number of hydrogen-bond donors (Lipinski definition) is 1. The van der Waals surface area contributed by atoms with Gasteiger partial charge in [-0.25, -0.2) is 0 Å². The molecule has 1 aliphatic carbocycles. The Kier molecular flexibility index (Phi) is 3.61. The predicted octanol–water partition coefficient (Wildman–Crippen LogP) is 2.06. The van der Waals surface area contributed by atoms with Crippen molar-refractivity contribution in [3.63, 3.8) is 0 Å². The van der Waals surface area contributed by atoms with Crippen LogP contribution >= 0.6 is 0 Å². The fourth-order valence-corrected chi connectivity index (χ4v) is 3.23. The summed E-state index contributed by atoms with van der Waals surface area (Å²) in [5, 5.41) is 4.07. The van der Waals surface area contributed by atoms with E-state index in [9.17, 15) is 4.79 Å². The third-order valence-electron chi connectivity index (χ3n) is 4.73. The van der Waals surface area contributed by atoms with Crippen molar-refractivity contribution in [3.8, 4) is 11.5 Å². The lowest BCUT2D eigenvalue weighted by atomic mass is 9.80. The largest absolute Gasteiger partial charge is 0.338 e. The molecule has 2 fully saturated rings. The first-order chi connectivity index (χ1) is 11.2. The Labute approximate surface area is 134 Å². The minimum Gasteiger partial charge on any atom is -0.338 e. The fourth-order valence-electron chi connectivity index (χ4n) is 3.23. The predicted molar refractivity (Wildman–Crippen MR) is 84.3 cm³/mol. The van der Waals surface area contributed by atoms with Gasteiger partial charge in [0.25, 0.3) is 5.89 Å². The molecule has 0 unspecified atom stereocenters. The second kappa shape index (κ2) is 5.77. The Bertz CT molecular complexity index is 704. The van der Waals surface area contributed by atoms with E-state index in [1.54, 1.807) is 0 Å². The summed E-state index contributed by atoms with van der Waals surface area (Å²) in [5.74, 6) is 1.88. The fraction of sp³-hybridized carbons (Fsp3) is 0.471. The highest BCUT2D eigenvalue weighted by Gasteiger charge is 2.31. The average Bonchev–Trinajstić information content (AvgIpc) is 3.15. The molecule has 6 heteroatoms. The maximum absolute atomic E-state index is 11.7. The van der Waals surface area contributed by atoms with Crippen LogP contribution in [0.15, 0.2) is 28.8 Å². The third-order valence-corrected chi connectivity index (χ3v) is 4.73.